The zero-order valence-electron chi connectivity index (χ0n) is 15.0. The van der Waals surface area contributed by atoms with Gasteiger partial charge in [0.05, 0.1) is 12.7 Å². The summed E-state index contributed by atoms with van der Waals surface area (Å²) in [7, 11) is 0. The number of nitriles is 1. The normalized spacial score (nSPS) is 11.5. The van der Waals surface area contributed by atoms with Gasteiger partial charge in [-0.15, -0.1) is 11.3 Å². The number of aromatic nitrogens is 1. The number of ether oxygens (including phenoxy) is 2. The van der Waals surface area contributed by atoms with Crippen molar-refractivity contribution in [1.82, 2.24) is 4.98 Å². The molecule has 0 aliphatic heterocycles. The van der Waals surface area contributed by atoms with Crippen molar-refractivity contribution in [3.63, 3.8) is 0 Å². The third kappa shape index (κ3) is 6.35. The van der Waals surface area contributed by atoms with E-state index in [9.17, 15) is 14.9 Å². The van der Waals surface area contributed by atoms with Crippen molar-refractivity contribution >= 4 is 34.7 Å². The van der Waals surface area contributed by atoms with Gasteiger partial charge >= 0.3 is 5.97 Å². The topological polar surface area (TPSA) is 89.3 Å². The van der Waals surface area contributed by atoms with Crippen LogP contribution in [0.1, 0.15) is 35.0 Å². The minimum absolute atomic E-state index is 0.118. The number of rotatable bonds is 9. The number of halogens is 1. The van der Waals surface area contributed by atoms with Crippen LogP contribution in [0, 0.1) is 25.2 Å². The summed E-state index contributed by atoms with van der Waals surface area (Å²) in [6.45, 7) is 3.56. The van der Waals surface area contributed by atoms with E-state index in [1.165, 1.54) is 11.3 Å². The molecule has 0 fully saturated rings. The first-order chi connectivity index (χ1) is 12.9. The van der Waals surface area contributed by atoms with Crippen LogP contribution < -0.4 is 4.74 Å². The highest BCUT2D eigenvalue weighted by atomic mass is 35.5. The smallest absolute Gasteiger partial charge is 0.306 e. The number of ketones is 1. The third-order valence-electron chi connectivity index (χ3n) is 3.63. The number of benzene rings is 1. The van der Waals surface area contributed by atoms with Crippen LogP contribution in [0.2, 0.25) is 5.02 Å². The van der Waals surface area contributed by atoms with E-state index in [1.54, 1.807) is 24.4 Å². The van der Waals surface area contributed by atoms with Gasteiger partial charge in [-0.1, -0.05) is 11.6 Å². The molecule has 1 atom stereocenters. The van der Waals surface area contributed by atoms with Gasteiger partial charge < -0.3 is 9.47 Å². The lowest BCUT2D eigenvalue weighted by atomic mass is 10.1. The molecule has 142 valence electrons. The lowest BCUT2D eigenvalue weighted by Gasteiger charge is -2.08. The highest BCUT2D eigenvalue weighted by Crippen LogP contribution is 2.22. The third-order valence-corrected chi connectivity index (χ3v) is 5.09. The number of Topliss-reactive ketones (excluding diaryl/α,β-unsaturated/α-hetero) is 1. The molecule has 8 heteroatoms. The van der Waals surface area contributed by atoms with E-state index in [1.807, 2.05) is 19.1 Å². The molecule has 0 bridgehead atoms. The number of hydrogen-bond donors (Lipinski definition) is 0. The van der Waals surface area contributed by atoms with E-state index in [4.69, 9.17) is 21.1 Å². The predicted molar refractivity (Wildman–Crippen MR) is 102 cm³/mol. The Balaban J connectivity index is 1.70. The van der Waals surface area contributed by atoms with E-state index < -0.39 is 24.3 Å². The fourth-order valence-corrected chi connectivity index (χ4v) is 3.17. The molecule has 1 aromatic carbocycles. The van der Waals surface area contributed by atoms with Gasteiger partial charge in [0.1, 0.15) is 10.8 Å². The van der Waals surface area contributed by atoms with Crippen molar-refractivity contribution in [3.8, 4) is 11.8 Å². The summed E-state index contributed by atoms with van der Waals surface area (Å²) < 4.78 is 10.5. The Kier molecular flexibility index (Phi) is 7.77. The summed E-state index contributed by atoms with van der Waals surface area (Å²) in [4.78, 5) is 28.0. The number of carbonyl (C=O) groups is 2. The van der Waals surface area contributed by atoms with E-state index >= 15 is 0 Å². The van der Waals surface area contributed by atoms with Crippen molar-refractivity contribution in [2.45, 2.75) is 32.6 Å². The van der Waals surface area contributed by atoms with Crippen LogP contribution in [-0.2, 0) is 14.3 Å². The van der Waals surface area contributed by atoms with Crippen molar-refractivity contribution in [2.24, 2.45) is 0 Å². The van der Waals surface area contributed by atoms with Crippen LogP contribution in [0.25, 0.3) is 0 Å². The first-order valence-corrected chi connectivity index (χ1v) is 9.55. The lowest BCUT2D eigenvalue weighted by Crippen LogP contribution is -2.20. The summed E-state index contributed by atoms with van der Waals surface area (Å²) in [6.07, 6.45) is 0.565. The Bertz CT molecular complexity index is 860. The van der Waals surface area contributed by atoms with Gasteiger partial charge in [0.2, 0.25) is 0 Å². The van der Waals surface area contributed by atoms with Crippen molar-refractivity contribution in [1.29, 1.82) is 5.26 Å². The van der Waals surface area contributed by atoms with Crippen molar-refractivity contribution in [3.05, 3.63) is 44.9 Å². The zero-order valence-corrected chi connectivity index (χ0v) is 16.6. The number of esters is 1. The Hall–Kier alpha value is -2.43. The monoisotopic (exact) mass is 406 g/mol. The largest absolute Gasteiger partial charge is 0.494 e. The molecule has 0 radical (unpaired) electrons. The van der Waals surface area contributed by atoms with Gasteiger partial charge in [-0.2, -0.15) is 5.26 Å². The lowest BCUT2D eigenvalue weighted by molar-refractivity contribution is -0.148. The quantitative estimate of drug-likeness (QED) is 0.462. The number of hydrogen-bond acceptors (Lipinski definition) is 7. The summed E-state index contributed by atoms with van der Waals surface area (Å²) in [6, 6.07) is 7.24. The zero-order chi connectivity index (χ0) is 19.8. The minimum Gasteiger partial charge on any atom is -0.494 e. The molecule has 0 N–H and O–H groups in total. The highest BCUT2D eigenvalue weighted by Gasteiger charge is 2.24. The Morgan fingerprint density at radius 2 is 2.15 bits per heavy atom. The Morgan fingerprint density at radius 1 is 1.37 bits per heavy atom. The molecule has 2 rings (SSSR count). The molecule has 0 spiro atoms. The SMILES string of the molecule is Cc1csc([C@@H](C#N)C(=O)COC(=O)CCCOc2ccc(Cl)c(C)c2)n1. The van der Waals surface area contributed by atoms with Gasteiger partial charge in [-0.05, 0) is 44.0 Å². The standard InChI is InChI=1S/C19H19ClN2O4S/c1-12-8-14(5-6-16(12)20)25-7-3-4-18(24)26-10-17(23)15(9-21)19-22-13(2)11-27-19/h5-6,8,11,15H,3-4,7,10H2,1-2H3/t15-/m0/s1. The van der Waals surface area contributed by atoms with Gasteiger partial charge in [-0.25, -0.2) is 4.98 Å². The van der Waals surface area contributed by atoms with Gasteiger partial charge in [0.15, 0.2) is 18.3 Å². The van der Waals surface area contributed by atoms with E-state index in [-0.39, 0.29) is 6.42 Å². The average molecular weight is 407 g/mol. The Morgan fingerprint density at radius 3 is 2.78 bits per heavy atom. The molecular formula is C19H19ClN2O4S. The second-order valence-electron chi connectivity index (χ2n) is 5.88. The average Bonchev–Trinajstić information content (AvgIpc) is 3.06. The number of thiazole rings is 1. The predicted octanol–water partition coefficient (Wildman–Crippen LogP) is 3.99. The molecular weight excluding hydrogens is 388 g/mol. The molecule has 1 aromatic heterocycles. The molecule has 0 amide bonds. The summed E-state index contributed by atoms with van der Waals surface area (Å²) in [5.41, 5.74) is 1.66. The molecule has 1 heterocycles. The second-order valence-corrected chi connectivity index (χ2v) is 7.18. The first kappa shape index (κ1) is 20.9. The molecule has 0 unspecified atom stereocenters. The fourth-order valence-electron chi connectivity index (χ4n) is 2.19. The van der Waals surface area contributed by atoms with Crippen LogP contribution in [0.15, 0.2) is 23.6 Å². The van der Waals surface area contributed by atoms with Gasteiger partial charge in [0, 0.05) is 22.5 Å². The molecule has 6 nitrogen and oxygen atoms in total. The van der Waals surface area contributed by atoms with Crippen molar-refractivity contribution < 1.29 is 19.1 Å². The van der Waals surface area contributed by atoms with Gasteiger partial charge in [0.25, 0.3) is 0 Å². The maximum absolute atomic E-state index is 12.1. The molecule has 0 aliphatic carbocycles. The molecule has 0 aliphatic rings. The van der Waals surface area contributed by atoms with Crippen LogP contribution in [0.5, 0.6) is 5.75 Å². The maximum atomic E-state index is 12.1. The highest BCUT2D eigenvalue weighted by molar-refractivity contribution is 7.09. The summed E-state index contributed by atoms with van der Waals surface area (Å²) in [5.74, 6) is -1.32. The minimum atomic E-state index is -1.01. The fraction of sp³-hybridized carbons (Fsp3) is 0.368. The van der Waals surface area contributed by atoms with Crippen LogP contribution >= 0.6 is 22.9 Å². The maximum Gasteiger partial charge on any atom is 0.306 e. The van der Waals surface area contributed by atoms with Crippen LogP contribution in [0.3, 0.4) is 0 Å². The molecule has 2 aromatic rings. The summed E-state index contributed by atoms with van der Waals surface area (Å²) in [5, 5.41) is 12.0. The number of aryl methyl sites for hydroxylation is 2. The molecule has 27 heavy (non-hydrogen) atoms. The van der Waals surface area contributed by atoms with Gasteiger partial charge in [-0.3, -0.25) is 9.59 Å². The first-order valence-electron chi connectivity index (χ1n) is 8.29. The molecule has 0 saturated carbocycles. The number of carbonyl (C=O) groups excluding carboxylic acids is 2. The van der Waals surface area contributed by atoms with Crippen LogP contribution in [0.4, 0.5) is 0 Å². The van der Waals surface area contributed by atoms with Crippen LogP contribution in [-0.4, -0.2) is 30.0 Å². The van der Waals surface area contributed by atoms with E-state index in [0.29, 0.717) is 28.8 Å². The Labute approximate surface area is 166 Å². The molecule has 0 saturated heterocycles. The van der Waals surface area contributed by atoms with E-state index in [0.717, 1.165) is 11.3 Å². The summed E-state index contributed by atoms with van der Waals surface area (Å²) >= 11 is 7.19. The second kappa shape index (κ2) is 10.0. The van der Waals surface area contributed by atoms with E-state index in [2.05, 4.69) is 4.98 Å². The number of nitrogens with zero attached hydrogens (tertiary/aromatic N) is 2. The van der Waals surface area contributed by atoms with Crippen molar-refractivity contribution in [2.75, 3.05) is 13.2 Å².